The molecule has 7 nitrogen and oxygen atoms in total. The van der Waals surface area contributed by atoms with Crippen molar-refractivity contribution in [2.24, 2.45) is 0 Å². The van der Waals surface area contributed by atoms with E-state index in [1.54, 1.807) is 13.0 Å². The van der Waals surface area contributed by atoms with E-state index in [-0.39, 0.29) is 12.3 Å². The second-order valence-corrected chi connectivity index (χ2v) is 4.36. The molecule has 0 aliphatic rings. The molecule has 0 saturated heterocycles. The highest BCUT2D eigenvalue weighted by Crippen LogP contribution is 2.31. The van der Waals surface area contributed by atoms with Gasteiger partial charge in [0.05, 0.1) is 10.5 Å². The van der Waals surface area contributed by atoms with E-state index in [1.807, 2.05) is 13.8 Å². The summed E-state index contributed by atoms with van der Waals surface area (Å²) in [5, 5.41) is 14.7. The van der Waals surface area contributed by atoms with Crippen molar-refractivity contribution < 1.29 is 14.2 Å². The van der Waals surface area contributed by atoms with Crippen LogP contribution in [0.25, 0.3) is 0 Å². The predicted molar refractivity (Wildman–Crippen MR) is 70.6 cm³/mol. The van der Waals surface area contributed by atoms with Crippen LogP contribution in [0.1, 0.15) is 29.8 Å². The summed E-state index contributed by atoms with van der Waals surface area (Å²) in [6.45, 7) is 5.52. The predicted octanol–water partition coefficient (Wildman–Crippen LogP) is 2.74. The molecule has 1 aromatic heterocycles. The fourth-order valence-corrected chi connectivity index (χ4v) is 1.87. The first-order chi connectivity index (χ1) is 9.52. The van der Waals surface area contributed by atoms with E-state index in [2.05, 4.69) is 10.1 Å². The lowest BCUT2D eigenvalue weighted by molar-refractivity contribution is -0.385. The highest BCUT2D eigenvalue weighted by Gasteiger charge is 2.17. The molecule has 0 amide bonds. The van der Waals surface area contributed by atoms with Crippen molar-refractivity contribution in [2.75, 3.05) is 0 Å². The van der Waals surface area contributed by atoms with Crippen LogP contribution in [-0.4, -0.2) is 15.1 Å². The first-order valence-corrected chi connectivity index (χ1v) is 6.21. The summed E-state index contributed by atoms with van der Waals surface area (Å²) in [5.74, 6) is 1.45. The number of nitro groups is 1. The third kappa shape index (κ3) is 2.76. The third-order valence-electron chi connectivity index (χ3n) is 2.93. The zero-order valence-corrected chi connectivity index (χ0v) is 11.5. The van der Waals surface area contributed by atoms with E-state index in [9.17, 15) is 10.1 Å². The highest BCUT2D eigenvalue weighted by molar-refractivity contribution is 5.52. The molecule has 7 heteroatoms. The number of ether oxygens (including phenoxy) is 1. The van der Waals surface area contributed by atoms with E-state index in [0.717, 1.165) is 5.56 Å². The Morgan fingerprint density at radius 3 is 2.75 bits per heavy atom. The standard InChI is InChI=1S/C13H15N3O4/c1-4-12-14-11(15-20-12)7-19-13-8(2)5-6-10(9(13)3)16(17)18/h5-6H,4,7H2,1-3H3. The fourth-order valence-electron chi connectivity index (χ4n) is 1.87. The zero-order chi connectivity index (χ0) is 14.7. The molecule has 0 saturated carbocycles. The summed E-state index contributed by atoms with van der Waals surface area (Å²) in [5.41, 5.74) is 1.36. The lowest BCUT2D eigenvalue weighted by Crippen LogP contribution is -2.02. The summed E-state index contributed by atoms with van der Waals surface area (Å²) < 4.78 is 10.6. The Morgan fingerprint density at radius 1 is 1.40 bits per heavy atom. The summed E-state index contributed by atoms with van der Waals surface area (Å²) in [6, 6.07) is 3.13. The number of nitro benzene ring substituents is 1. The first-order valence-electron chi connectivity index (χ1n) is 6.21. The van der Waals surface area contributed by atoms with Crippen LogP contribution in [0.3, 0.4) is 0 Å². The van der Waals surface area contributed by atoms with E-state index in [4.69, 9.17) is 9.26 Å². The molecule has 0 N–H and O–H groups in total. The van der Waals surface area contributed by atoms with Gasteiger partial charge in [-0.25, -0.2) is 0 Å². The van der Waals surface area contributed by atoms with Crippen molar-refractivity contribution in [1.29, 1.82) is 0 Å². The van der Waals surface area contributed by atoms with Crippen LogP contribution in [0.15, 0.2) is 16.7 Å². The lowest BCUT2D eigenvalue weighted by Gasteiger charge is -2.10. The normalized spacial score (nSPS) is 10.6. The van der Waals surface area contributed by atoms with Crippen LogP contribution in [0.4, 0.5) is 5.69 Å². The minimum absolute atomic E-state index is 0.0351. The maximum Gasteiger partial charge on any atom is 0.276 e. The van der Waals surface area contributed by atoms with Gasteiger partial charge in [-0.15, -0.1) is 0 Å². The largest absolute Gasteiger partial charge is 0.485 e. The van der Waals surface area contributed by atoms with Gasteiger partial charge >= 0.3 is 0 Å². The Morgan fingerprint density at radius 2 is 2.15 bits per heavy atom. The molecule has 0 atom stereocenters. The van der Waals surface area contributed by atoms with Crippen molar-refractivity contribution in [3.8, 4) is 5.75 Å². The van der Waals surface area contributed by atoms with E-state index in [0.29, 0.717) is 29.4 Å². The Labute approximate surface area is 115 Å². The molecule has 20 heavy (non-hydrogen) atoms. The molecule has 0 radical (unpaired) electrons. The SMILES string of the molecule is CCc1nc(COc2c(C)ccc([N+](=O)[O-])c2C)no1. The number of benzene rings is 1. The molecule has 0 bridgehead atoms. The van der Waals surface area contributed by atoms with Gasteiger partial charge in [-0.1, -0.05) is 12.1 Å². The van der Waals surface area contributed by atoms with Crippen LogP contribution in [-0.2, 0) is 13.0 Å². The van der Waals surface area contributed by atoms with Crippen molar-refractivity contribution >= 4 is 5.69 Å². The van der Waals surface area contributed by atoms with Crippen molar-refractivity contribution in [1.82, 2.24) is 10.1 Å². The van der Waals surface area contributed by atoms with Gasteiger partial charge in [-0.2, -0.15) is 4.98 Å². The van der Waals surface area contributed by atoms with Gasteiger partial charge in [0, 0.05) is 12.5 Å². The van der Waals surface area contributed by atoms with Crippen molar-refractivity contribution in [3.63, 3.8) is 0 Å². The molecule has 0 spiro atoms. The second kappa shape index (κ2) is 5.68. The van der Waals surface area contributed by atoms with Crippen LogP contribution >= 0.6 is 0 Å². The molecule has 1 heterocycles. The molecule has 0 fully saturated rings. The molecule has 0 aliphatic carbocycles. The maximum atomic E-state index is 10.9. The smallest absolute Gasteiger partial charge is 0.276 e. The summed E-state index contributed by atoms with van der Waals surface area (Å²) in [7, 11) is 0. The Hall–Kier alpha value is -2.44. The Bertz CT molecular complexity index is 637. The molecule has 0 aliphatic heterocycles. The van der Waals surface area contributed by atoms with Crippen LogP contribution < -0.4 is 4.74 Å². The van der Waals surface area contributed by atoms with Gasteiger partial charge in [0.15, 0.2) is 6.61 Å². The van der Waals surface area contributed by atoms with Gasteiger partial charge in [0.1, 0.15) is 5.75 Å². The molecule has 2 aromatic rings. The number of hydrogen-bond acceptors (Lipinski definition) is 6. The molecule has 106 valence electrons. The van der Waals surface area contributed by atoms with Crippen LogP contribution in [0.5, 0.6) is 5.75 Å². The monoisotopic (exact) mass is 277 g/mol. The average Bonchev–Trinajstić information content (AvgIpc) is 2.86. The summed E-state index contributed by atoms with van der Waals surface area (Å²) in [4.78, 5) is 14.6. The molecule has 1 aromatic carbocycles. The summed E-state index contributed by atoms with van der Waals surface area (Å²) in [6.07, 6.45) is 0.655. The number of hydrogen-bond donors (Lipinski definition) is 0. The van der Waals surface area contributed by atoms with Gasteiger partial charge in [0.2, 0.25) is 11.7 Å². The number of nitrogens with zero attached hydrogens (tertiary/aromatic N) is 3. The summed E-state index contributed by atoms with van der Waals surface area (Å²) >= 11 is 0. The Kier molecular flexibility index (Phi) is 3.97. The second-order valence-electron chi connectivity index (χ2n) is 4.36. The van der Waals surface area contributed by atoms with E-state index < -0.39 is 4.92 Å². The van der Waals surface area contributed by atoms with Gasteiger partial charge in [-0.3, -0.25) is 10.1 Å². The fraction of sp³-hybridized carbons (Fsp3) is 0.385. The minimum Gasteiger partial charge on any atom is -0.485 e. The molecule has 2 rings (SSSR count). The van der Waals surface area contributed by atoms with E-state index in [1.165, 1.54) is 6.07 Å². The third-order valence-corrected chi connectivity index (χ3v) is 2.93. The minimum atomic E-state index is -0.425. The van der Waals surface area contributed by atoms with Gasteiger partial charge in [0.25, 0.3) is 5.69 Å². The highest BCUT2D eigenvalue weighted by atomic mass is 16.6. The zero-order valence-electron chi connectivity index (χ0n) is 11.5. The quantitative estimate of drug-likeness (QED) is 0.616. The maximum absolute atomic E-state index is 10.9. The average molecular weight is 277 g/mol. The lowest BCUT2D eigenvalue weighted by atomic mass is 10.1. The van der Waals surface area contributed by atoms with Crippen LogP contribution in [0.2, 0.25) is 0 Å². The van der Waals surface area contributed by atoms with Crippen molar-refractivity contribution in [2.45, 2.75) is 33.8 Å². The molecule has 0 unspecified atom stereocenters. The van der Waals surface area contributed by atoms with E-state index >= 15 is 0 Å². The molecular weight excluding hydrogens is 262 g/mol. The Balaban J connectivity index is 2.20. The van der Waals surface area contributed by atoms with Gasteiger partial charge in [-0.05, 0) is 25.5 Å². The number of aryl methyl sites for hydroxylation is 2. The van der Waals surface area contributed by atoms with Gasteiger partial charge < -0.3 is 9.26 Å². The first kappa shape index (κ1) is 14.0. The topological polar surface area (TPSA) is 91.3 Å². The van der Waals surface area contributed by atoms with Crippen molar-refractivity contribution in [3.05, 3.63) is 45.1 Å². The number of aromatic nitrogens is 2. The molecular formula is C13H15N3O4. The van der Waals surface area contributed by atoms with Crippen LogP contribution in [0, 0.1) is 24.0 Å². The number of rotatable bonds is 5.